The largest absolute Gasteiger partial charge is 0.494 e. The van der Waals surface area contributed by atoms with Gasteiger partial charge in [-0.1, -0.05) is 18.6 Å². The minimum atomic E-state index is 0. The Morgan fingerprint density at radius 3 is 2.59 bits per heavy atom. The third-order valence-electron chi connectivity index (χ3n) is 6.90. The van der Waals surface area contributed by atoms with Crippen LogP contribution >= 0.6 is 24.0 Å². The van der Waals surface area contributed by atoms with Gasteiger partial charge in [0.15, 0.2) is 5.96 Å². The van der Waals surface area contributed by atoms with Crippen molar-refractivity contribution in [3.8, 4) is 5.75 Å². The molecule has 0 radical (unpaired) electrons. The molecule has 1 unspecified atom stereocenters. The van der Waals surface area contributed by atoms with Crippen LogP contribution in [0.3, 0.4) is 0 Å². The van der Waals surface area contributed by atoms with E-state index in [0.717, 1.165) is 63.3 Å². The third-order valence-corrected chi connectivity index (χ3v) is 6.90. The quantitative estimate of drug-likeness (QED) is 0.206. The molecule has 0 bridgehead atoms. The average molecular weight is 559 g/mol. The molecule has 3 rings (SSSR count). The summed E-state index contributed by atoms with van der Waals surface area (Å²) < 4.78 is 11.3. The molecule has 1 aromatic carbocycles. The molecule has 0 saturated carbocycles. The van der Waals surface area contributed by atoms with Gasteiger partial charge in [-0.05, 0) is 70.2 Å². The van der Waals surface area contributed by atoms with Crippen LogP contribution in [-0.4, -0.2) is 69.9 Å². The number of rotatable bonds is 9. The number of benzene rings is 1. The van der Waals surface area contributed by atoms with Crippen molar-refractivity contribution >= 4 is 29.9 Å². The fourth-order valence-corrected chi connectivity index (χ4v) is 4.85. The summed E-state index contributed by atoms with van der Waals surface area (Å²) in [6.45, 7) is 10.9. The van der Waals surface area contributed by atoms with Gasteiger partial charge in [-0.3, -0.25) is 4.99 Å². The summed E-state index contributed by atoms with van der Waals surface area (Å²) in [5.41, 5.74) is 1.41. The molecule has 2 saturated heterocycles. The average Bonchev–Trinajstić information content (AvgIpc) is 2.81. The number of guanidine groups is 1. The molecule has 2 N–H and O–H groups in total. The second-order valence-electron chi connectivity index (χ2n) is 8.94. The molecule has 0 aliphatic carbocycles. The van der Waals surface area contributed by atoms with E-state index < -0.39 is 0 Å². The molecule has 1 atom stereocenters. The summed E-state index contributed by atoms with van der Waals surface area (Å²) >= 11 is 0. The minimum absolute atomic E-state index is 0. The van der Waals surface area contributed by atoms with Crippen molar-refractivity contribution in [2.45, 2.75) is 63.8 Å². The van der Waals surface area contributed by atoms with Crippen LogP contribution in [0.25, 0.3) is 0 Å². The van der Waals surface area contributed by atoms with Gasteiger partial charge in [-0.15, -0.1) is 24.0 Å². The van der Waals surface area contributed by atoms with Crippen LogP contribution in [-0.2, 0) is 10.2 Å². The topological polar surface area (TPSA) is 58.1 Å². The molecular weight excluding hydrogens is 515 g/mol. The second-order valence-corrected chi connectivity index (χ2v) is 8.94. The van der Waals surface area contributed by atoms with Gasteiger partial charge in [-0.25, -0.2) is 0 Å². The molecule has 7 heteroatoms. The highest BCUT2D eigenvalue weighted by Gasteiger charge is 2.34. The maximum atomic E-state index is 5.68. The highest BCUT2D eigenvalue weighted by molar-refractivity contribution is 14.0. The zero-order valence-corrected chi connectivity index (χ0v) is 22.5. The number of nitrogens with one attached hydrogen (secondary N) is 2. The third kappa shape index (κ3) is 7.76. The van der Waals surface area contributed by atoms with Gasteiger partial charge < -0.3 is 25.0 Å². The lowest BCUT2D eigenvalue weighted by Gasteiger charge is -2.38. The summed E-state index contributed by atoms with van der Waals surface area (Å²) in [5, 5.41) is 7.12. The van der Waals surface area contributed by atoms with E-state index in [2.05, 4.69) is 51.7 Å². The van der Waals surface area contributed by atoms with Crippen molar-refractivity contribution in [2.24, 2.45) is 4.99 Å². The normalized spacial score (nSPS) is 21.5. The summed E-state index contributed by atoms with van der Waals surface area (Å²) in [6.07, 6.45) is 7.23. The summed E-state index contributed by atoms with van der Waals surface area (Å²) in [5.74, 6) is 1.82. The van der Waals surface area contributed by atoms with Crippen LogP contribution in [0.15, 0.2) is 29.3 Å². The van der Waals surface area contributed by atoms with Crippen LogP contribution in [0, 0.1) is 0 Å². The summed E-state index contributed by atoms with van der Waals surface area (Å²) in [7, 11) is 1.86. The van der Waals surface area contributed by atoms with E-state index in [1.807, 2.05) is 14.0 Å². The number of hydrogen-bond donors (Lipinski definition) is 2. The van der Waals surface area contributed by atoms with E-state index in [-0.39, 0.29) is 29.4 Å². The standard InChI is InChI=1S/C25H42N4O2.HI/c1-4-31-23-11-9-22(10-12-23)25(13-18-30-19-14-25)20-28-24(26-3)27-15-7-17-29-16-6-5-8-21(29)2;/h9-12,21H,4-8,13-20H2,1-3H3,(H2,26,27,28);1H. The van der Waals surface area contributed by atoms with Crippen molar-refractivity contribution in [3.63, 3.8) is 0 Å². The van der Waals surface area contributed by atoms with E-state index in [0.29, 0.717) is 6.61 Å². The first-order valence-electron chi connectivity index (χ1n) is 12.2. The Morgan fingerprint density at radius 1 is 1.19 bits per heavy atom. The lowest BCUT2D eigenvalue weighted by molar-refractivity contribution is 0.0513. The Bertz CT molecular complexity index is 677. The molecule has 0 amide bonds. The van der Waals surface area contributed by atoms with E-state index in [4.69, 9.17) is 9.47 Å². The Hall–Kier alpha value is -1.06. The fourth-order valence-electron chi connectivity index (χ4n) is 4.85. The lowest BCUT2D eigenvalue weighted by Crippen LogP contribution is -2.48. The summed E-state index contributed by atoms with van der Waals surface area (Å²) in [4.78, 5) is 7.09. The molecule has 2 fully saturated rings. The second kappa shape index (κ2) is 14.3. The fraction of sp³-hybridized carbons (Fsp3) is 0.720. The minimum Gasteiger partial charge on any atom is -0.494 e. The van der Waals surface area contributed by atoms with Gasteiger partial charge in [0, 0.05) is 51.4 Å². The summed E-state index contributed by atoms with van der Waals surface area (Å²) in [6, 6.07) is 9.34. The molecule has 182 valence electrons. The van der Waals surface area contributed by atoms with Crippen LogP contribution in [0.4, 0.5) is 0 Å². The number of halogens is 1. The van der Waals surface area contributed by atoms with Crippen LogP contribution in [0.2, 0.25) is 0 Å². The molecule has 32 heavy (non-hydrogen) atoms. The van der Waals surface area contributed by atoms with E-state index in [9.17, 15) is 0 Å². The van der Waals surface area contributed by atoms with E-state index >= 15 is 0 Å². The zero-order chi connectivity index (χ0) is 21.9. The van der Waals surface area contributed by atoms with Gasteiger partial charge in [0.1, 0.15) is 5.75 Å². The van der Waals surface area contributed by atoms with Gasteiger partial charge in [-0.2, -0.15) is 0 Å². The number of aliphatic imine (C=N–C) groups is 1. The molecular formula is C25H43IN4O2. The molecule has 2 aliphatic heterocycles. The van der Waals surface area contributed by atoms with Crippen molar-refractivity contribution in [1.82, 2.24) is 15.5 Å². The van der Waals surface area contributed by atoms with Crippen molar-refractivity contribution in [2.75, 3.05) is 53.0 Å². The van der Waals surface area contributed by atoms with Gasteiger partial charge in [0.25, 0.3) is 0 Å². The molecule has 0 spiro atoms. The maximum absolute atomic E-state index is 5.68. The van der Waals surface area contributed by atoms with Crippen molar-refractivity contribution in [1.29, 1.82) is 0 Å². The SMILES string of the molecule is CCOc1ccc(C2(CNC(=NC)NCCCN3CCCCC3C)CCOCC2)cc1.I. The van der Waals surface area contributed by atoms with E-state index in [1.165, 1.54) is 37.9 Å². The van der Waals surface area contributed by atoms with Gasteiger partial charge in [0.05, 0.1) is 6.61 Å². The van der Waals surface area contributed by atoms with Crippen molar-refractivity contribution < 1.29 is 9.47 Å². The Labute approximate surface area is 211 Å². The molecule has 6 nitrogen and oxygen atoms in total. The number of piperidine rings is 1. The van der Waals surface area contributed by atoms with Crippen molar-refractivity contribution in [3.05, 3.63) is 29.8 Å². The highest BCUT2D eigenvalue weighted by atomic mass is 127. The zero-order valence-electron chi connectivity index (χ0n) is 20.2. The Kier molecular flexibility index (Phi) is 12.1. The van der Waals surface area contributed by atoms with Crippen LogP contribution in [0.1, 0.15) is 57.9 Å². The predicted molar refractivity (Wildman–Crippen MR) is 144 cm³/mol. The number of hydrogen-bond acceptors (Lipinski definition) is 4. The first-order valence-corrected chi connectivity index (χ1v) is 12.2. The van der Waals surface area contributed by atoms with Crippen LogP contribution in [0.5, 0.6) is 5.75 Å². The Balaban J connectivity index is 0.00000363. The molecule has 1 aromatic rings. The molecule has 0 aromatic heterocycles. The molecule has 2 aliphatic rings. The lowest BCUT2D eigenvalue weighted by atomic mass is 9.74. The first kappa shape index (κ1) is 27.2. The highest BCUT2D eigenvalue weighted by Crippen LogP contribution is 2.35. The Morgan fingerprint density at radius 2 is 1.94 bits per heavy atom. The van der Waals surface area contributed by atoms with Gasteiger partial charge in [0.2, 0.25) is 0 Å². The van der Waals surface area contributed by atoms with Gasteiger partial charge >= 0.3 is 0 Å². The predicted octanol–water partition coefficient (Wildman–Crippen LogP) is 4.18. The number of likely N-dealkylation sites (tertiary alicyclic amines) is 1. The maximum Gasteiger partial charge on any atom is 0.191 e. The van der Waals surface area contributed by atoms with E-state index in [1.54, 1.807) is 0 Å². The number of nitrogens with zero attached hydrogens (tertiary/aromatic N) is 2. The smallest absolute Gasteiger partial charge is 0.191 e. The monoisotopic (exact) mass is 558 g/mol. The first-order chi connectivity index (χ1) is 15.2. The van der Waals surface area contributed by atoms with Crippen LogP contribution < -0.4 is 15.4 Å². The number of ether oxygens (including phenoxy) is 2. The molecule has 2 heterocycles.